The SMILES string of the molecule is COc1ccc(CNCC2CCOC2)c(Cl)c1OC. The Morgan fingerprint density at radius 3 is 2.84 bits per heavy atom. The van der Waals surface area contributed by atoms with Crippen LogP contribution in [0.2, 0.25) is 5.02 Å². The fourth-order valence-corrected chi connectivity index (χ4v) is 2.52. The smallest absolute Gasteiger partial charge is 0.179 e. The van der Waals surface area contributed by atoms with E-state index in [1.165, 1.54) is 0 Å². The maximum atomic E-state index is 6.32. The molecule has 1 saturated heterocycles. The Morgan fingerprint density at radius 2 is 2.21 bits per heavy atom. The Bertz CT molecular complexity index is 419. The maximum Gasteiger partial charge on any atom is 0.179 e. The van der Waals surface area contributed by atoms with E-state index in [-0.39, 0.29) is 0 Å². The van der Waals surface area contributed by atoms with Gasteiger partial charge in [-0.3, -0.25) is 0 Å². The summed E-state index contributed by atoms with van der Waals surface area (Å²) in [5.74, 6) is 1.85. The summed E-state index contributed by atoms with van der Waals surface area (Å²) < 4.78 is 15.8. The van der Waals surface area contributed by atoms with Gasteiger partial charge in [-0.15, -0.1) is 0 Å². The predicted octanol–water partition coefficient (Wildman–Crippen LogP) is 2.48. The first-order chi connectivity index (χ1) is 9.26. The van der Waals surface area contributed by atoms with Gasteiger partial charge in [0.1, 0.15) is 0 Å². The number of hydrogen-bond donors (Lipinski definition) is 1. The van der Waals surface area contributed by atoms with E-state index in [4.69, 9.17) is 25.8 Å². The van der Waals surface area contributed by atoms with Crippen LogP contribution in [0.4, 0.5) is 0 Å². The van der Waals surface area contributed by atoms with Crippen molar-refractivity contribution in [1.29, 1.82) is 0 Å². The molecule has 0 saturated carbocycles. The first kappa shape index (κ1) is 14.4. The van der Waals surface area contributed by atoms with Crippen molar-refractivity contribution in [2.24, 2.45) is 5.92 Å². The standard InChI is InChI=1S/C14H20ClNO3/c1-17-12-4-3-11(13(15)14(12)18-2)8-16-7-10-5-6-19-9-10/h3-4,10,16H,5-9H2,1-2H3. The molecule has 1 heterocycles. The molecule has 1 aromatic carbocycles. The number of benzene rings is 1. The minimum absolute atomic E-state index is 0.590. The third-order valence-corrected chi connectivity index (χ3v) is 3.75. The quantitative estimate of drug-likeness (QED) is 0.872. The van der Waals surface area contributed by atoms with Crippen molar-refractivity contribution in [2.45, 2.75) is 13.0 Å². The molecule has 1 aliphatic rings. The molecular formula is C14H20ClNO3. The van der Waals surface area contributed by atoms with E-state index in [0.717, 1.165) is 38.3 Å². The minimum Gasteiger partial charge on any atom is -0.493 e. The Hall–Kier alpha value is -0.970. The van der Waals surface area contributed by atoms with Crippen molar-refractivity contribution in [3.8, 4) is 11.5 Å². The molecule has 0 bridgehead atoms. The highest BCUT2D eigenvalue weighted by Crippen LogP contribution is 2.37. The monoisotopic (exact) mass is 285 g/mol. The molecule has 0 aliphatic carbocycles. The van der Waals surface area contributed by atoms with Crippen LogP contribution in [0, 0.1) is 5.92 Å². The fraction of sp³-hybridized carbons (Fsp3) is 0.571. The Morgan fingerprint density at radius 1 is 1.37 bits per heavy atom. The van der Waals surface area contributed by atoms with Crippen molar-refractivity contribution < 1.29 is 14.2 Å². The van der Waals surface area contributed by atoms with Crippen molar-refractivity contribution in [3.05, 3.63) is 22.7 Å². The van der Waals surface area contributed by atoms with Crippen molar-refractivity contribution in [2.75, 3.05) is 34.0 Å². The molecular weight excluding hydrogens is 266 g/mol. The zero-order valence-corrected chi connectivity index (χ0v) is 12.1. The van der Waals surface area contributed by atoms with Crippen LogP contribution in [0.5, 0.6) is 11.5 Å². The van der Waals surface area contributed by atoms with E-state index in [1.54, 1.807) is 14.2 Å². The summed E-state index contributed by atoms with van der Waals surface area (Å²) in [5, 5.41) is 4.02. The molecule has 1 N–H and O–H groups in total. The van der Waals surface area contributed by atoms with Gasteiger partial charge in [-0.25, -0.2) is 0 Å². The van der Waals surface area contributed by atoms with Crippen LogP contribution in [-0.2, 0) is 11.3 Å². The molecule has 2 rings (SSSR count). The van der Waals surface area contributed by atoms with Gasteiger partial charge in [0, 0.05) is 19.7 Å². The van der Waals surface area contributed by atoms with E-state index >= 15 is 0 Å². The van der Waals surface area contributed by atoms with Crippen LogP contribution in [0.1, 0.15) is 12.0 Å². The molecule has 4 nitrogen and oxygen atoms in total. The number of ether oxygens (including phenoxy) is 3. The van der Waals surface area contributed by atoms with Gasteiger partial charge in [0.2, 0.25) is 0 Å². The third-order valence-electron chi connectivity index (χ3n) is 3.34. The number of hydrogen-bond acceptors (Lipinski definition) is 4. The summed E-state index contributed by atoms with van der Waals surface area (Å²) in [6, 6.07) is 3.84. The summed E-state index contributed by atoms with van der Waals surface area (Å²) in [4.78, 5) is 0. The number of nitrogens with one attached hydrogen (secondary N) is 1. The lowest BCUT2D eigenvalue weighted by Gasteiger charge is -2.14. The van der Waals surface area contributed by atoms with Gasteiger partial charge in [-0.1, -0.05) is 17.7 Å². The predicted molar refractivity (Wildman–Crippen MR) is 75.2 cm³/mol. The molecule has 0 radical (unpaired) electrons. The Labute approximate surface area is 119 Å². The van der Waals surface area contributed by atoms with Gasteiger partial charge in [0.05, 0.1) is 25.8 Å². The van der Waals surface area contributed by atoms with Crippen LogP contribution in [0.15, 0.2) is 12.1 Å². The molecule has 0 amide bonds. The van der Waals surface area contributed by atoms with Gasteiger partial charge < -0.3 is 19.5 Å². The summed E-state index contributed by atoms with van der Waals surface area (Å²) >= 11 is 6.32. The first-order valence-electron chi connectivity index (χ1n) is 6.44. The second-order valence-electron chi connectivity index (χ2n) is 4.63. The largest absolute Gasteiger partial charge is 0.493 e. The summed E-state index contributed by atoms with van der Waals surface area (Å²) in [6.07, 6.45) is 1.13. The molecule has 5 heteroatoms. The molecule has 0 spiro atoms. The topological polar surface area (TPSA) is 39.7 Å². The van der Waals surface area contributed by atoms with Crippen LogP contribution in [-0.4, -0.2) is 34.0 Å². The molecule has 1 unspecified atom stereocenters. The average Bonchev–Trinajstić information content (AvgIpc) is 2.93. The lowest BCUT2D eigenvalue weighted by Crippen LogP contribution is -2.22. The second kappa shape index (κ2) is 6.98. The highest BCUT2D eigenvalue weighted by molar-refractivity contribution is 6.33. The van der Waals surface area contributed by atoms with Crippen LogP contribution < -0.4 is 14.8 Å². The van der Waals surface area contributed by atoms with E-state index < -0.39 is 0 Å². The molecule has 1 atom stereocenters. The van der Waals surface area contributed by atoms with Crippen LogP contribution >= 0.6 is 11.6 Å². The van der Waals surface area contributed by atoms with Gasteiger partial charge in [0.15, 0.2) is 11.5 Å². The Kier molecular flexibility index (Phi) is 5.31. The van der Waals surface area contributed by atoms with Gasteiger partial charge in [-0.2, -0.15) is 0 Å². The number of methoxy groups -OCH3 is 2. The highest BCUT2D eigenvalue weighted by Gasteiger charge is 2.16. The van der Waals surface area contributed by atoms with E-state index in [9.17, 15) is 0 Å². The molecule has 1 fully saturated rings. The zero-order chi connectivity index (χ0) is 13.7. The lowest BCUT2D eigenvalue weighted by atomic mass is 10.1. The highest BCUT2D eigenvalue weighted by atomic mass is 35.5. The average molecular weight is 286 g/mol. The molecule has 1 aliphatic heterocycles. The number of halogens is 1. The van der Waals surface area contributed by atoms with E-state index in [1.807, 2.05) is 12.1 Å². The third kappa shape index (κ3) is 3.53. The summed E-state index contributed by atoms with van der Waals surface area (Å²) in [7, 11) is 3.20. The maximum absolute atomic E-state index is 6.32. The molecule has 0 aromatic heterocycles. The molecule has 106 valence electrons. The normalized spacial score (nSPS) is 18.6. The summed E-state index contributed by atoms with van der Waals surface area (Å²) in [6.45, 7) is 3.40. The van der Waals surface area contributed by atoms with Crippen molar-refractivity contribution in [3.63, 3.8) is 0 Å². The van der Waals surface area contributed by atoms with Crippen molar-refractivity contribution >= 4 is 11.6 Å². The zero-order valence-electron chi connectivity index (χ0n) is 11.4. The molecule has 19 heavy (non-hydrogen) atoms. The Balaban J connectivity index is 1.95. The van der Waals surface area contributed by atoms with E-state index in [2.05, 4.69) is 5.32 Å². The number of rotatable bonds is 6. The van der Waals surface area contributed by atoms with Gasteiger partial charge in [0.25, 0.3) is 0 Å². The second-order valence-corrected chi connectivity index (χ2v) is 5.01. The van der Waals surface area contributed by atoms with Crippen LogP contribution in [0.25, 0.3) is 0 Å². The first-order valence-corrected chi connectivity index (χ1v) is 6.82. The van der Waals surface area contributed by atoms with E-state index in [0.29, 0.717) is 22.4 Å². The van der Waals surface area contributed by atoms with Crippen LogP contribution in [0.3, 0.4) is 0 Å². The minimum atomic E-state index is 0.590. The van der Waals surface area contributed by atoms with Crippen molar-refractivity contribution in [1.82, 2.24) is 5.32 Å². The van der Waals surface area contributed by atoms with Gasteiger partial charge >= 0.3 is 0 Å². The van der Waals surface area contributed by atoms with Gasteiger partial charge in [-0.05, 0) is 24.0 Å². The fourth-order valence-electron chi connectivity index (χ4n) is 2.22. The summed E-state index contributed by atoms with van der Waals surface area (Å²) in [5.41, 5.74) is 1.01. The lowest BCUT2D eigenvalue weighted by molar-refractivity contribution is 0.185. The molecule has 1 aromatic rings.